The summed E-state index contributed by atoms with van der Waals surface area (Å²) >= 11 is 6.90. The maximum absolute atomic E-state index is 13.3. The molecule has 2 heterocycles. The highest BCUT2D eigenvalue weighted by atomic mass is 35.5. The Balaban J connectivity index is 1.50. The van der Waals surface area contributed by atoms with Crippen molar-refractivity contribution in [3.8, 4) is 0 Å². The summed E-state index contributed by atoms with van der Waals surface area (Å²) in [6.45, 7) is 3.76. The Bertz CT molecular complexity index is 1160. The summed E-state index contributed by atoms with van der Waals surface area (Å²) in [5.41, 5.74) is 5.07. The number of hydrogen-bond donors (Lipinski definition) is 2. The van der Waals surface area contributed by atoms with Gasteiger partial charge in [-0.15, -0.1) is 11.8 Å². The van der Waals surface area contributed by atoms with Gasteiger partial charge < -0.3 is 25.4 Å². The van der Waals surface area contributed by atoms with Gasteiger partial charge >= 0.3 is 11.9 Å². The fourth-order valence-electron chi connectivity index (χ4n) is 4.40. The fraction of sp³-hybridized carbons (Fsp3) is 0.360. The number of carbonyl (C=O) groups excluding carboxylic acids is 4. The Labute approximate surface area is 217 Å². The number of thioether (sulfide) groups is 1. The zero-order valence-electron chi connectivity index (χ0n) is 19.7. The van der Waals surface area contributed by atoms with E-state index in [-0.39, 0.29) is 12.2 Å². The van der Waals surface area contributed by atoms with E-state index in [4.69, 9.17) is 26.8 Å². The van der Waals surface area contributed by atoms with Crippen LogP contribution in [0.15, 0.2) is 60.7 Å². The summed E-state index contributed by atoms with van der Waals surface area (Å²) in [6, 6.07) is 14.9. The van der Waals surface area contributed by atoms with Crippen LogP contribution < -0.4 is 11.1 Å². The molecule has 2 aromatic carbocycles. The number of amides is 2. The first-order valence-electron chi connectivity index (χ1n) is 11.2. The SMILES string of the molecule is CC1(C)S[C@@H]2C(NC(=O)C(N)(C(=O)OCCl)c3ccccc3)C(=O)N2[C@H]1C(=O)OCc1ccccc1. The summed E-state index contributed by atoms with van der Waals surface area (Å²) in [6.07, 6.45) is 0. The average molecular weight is 532 g/mol. The monoisotopic (exact) mass is 531 g/mol. The van der Waals surface area contributed by atoms with Gasteiger partial charge in [0, 0.05) is 4.75 Å². The Morgan fingerprint density at radius 3 is 2.31 bits per heavy atom. The molecule has 9 nitrogen and oxygen atoms in total. The molecule has 2 saturated heterocycles. The van der Waals surface area contributed by atoms with Gasteiger partial charge in [-0.25, -0.2) is 9.59 Å². The maximum Gasteiger partial charge on any atom is 0.341 e. The molecule has 0 radical (unpaired) electrons. The van der Waals surface area contributed by atoms with Crippen molar-refractivity contribution in [1.29, 1.82) is 0 Å². The number of rotatable bonds is 8. The molecular weight excluding hydrogens is 506 g/mol. The minimum absolute atomic E-state index is 0.0826. The van der Waals surface area contributed by atoms with Crippen LogP contribution in [0.5, 0.6) is 0 Å². The first kappa shape index (κ1) is 26.0. The predicted molar refractivity (Wildman–Crippen MR) is 133 cm³/mol. The van der Waals surface area contributed by atoms with Gasteiger partial charge in [0.2, 0.25) is 11.4 Å². The molecule has 3 N–H and O–H groups in total. The Morgan fingerprint density at radius 1 is 1.08 bits per heavy atom. The smallest absolute Gasteiger partial charge is 0.341 e. The number of β-lactam (4-membered cyclic amide) rings is 1. The maximum atomic E-state index is 13.3. The average Bonchev–Trinajstić information content (AvgIpc) is 3.14. The highest BCUT2D eigenvalue weighted by Gasteiger charge is 2.65. The van der Waals surface area contributed by atoms with Crippen LogP contribution in [0.2, 0.25) is 0 Å². The highest BCUT2D eigenvalue weighted by molar-refractivity contribution is 8.01. The van der Waals surface area contributed by atoms with E-state index in [2.05, 4.69) is 5.32 Å². The summed E-state index contributed by atoms with van der Waals surface area (Å²) in [4.78, 5) is 53.5. The second-order valence-electron chi connectivity index (χ2n) is 9.02. The van der Waals surface area contributed by atoms with Crippen LogP contribution in [0.4, 0.5) is 0 Å². The molecule has 0 bridgehead atoms. The van der Waals surface area contributed by atoms with Gasteiger partial charge in [-0.3, -0.25) is 9.59 Å². The molecule has 2 amide bonds. The van der Waals surface area contributed by atoms with E-state index in [1.165, 1.54) is 28.8 Å². The lowest BCUT2D eigenvalue weighted by Gasteiger charge is -2.44. The molecule has 11 heteroatoms. The van der Waals surface area contributed by atoms with E-state index >= 15 is 0 Å². The summed E-state index contributed by atoms with van der Waals surface area (Å²) in [7, 11) is 0. The molecule has 2 fully saturated rings. The van der Waals surface area contributed by atoms with Crippen molar-refractivity contribution < 1.29 is 28.7 Å². The number of carbonyl (C=O) groups is 4. The van der Waals surface area contributed by atoms with Crippen molar-refractivity contribution in [1.82, 2.24) is 10.2 Å². The van der Waals surface area contributed by atoms with Gasteiger partial charge in [0.25, 0.3) is 5.91 Å². The molecule has 2 aliphatic rings. The van der Waals surface area contributed by atoms with Gasteiger partial charge in [-0.1, -0.05) is 72.3 Å². The van der Waals surface area contributed by atoms with Crippen LogP contribution in [0, 0.1) is 0 Å². The van der Waals surface area contributed by atoms with E-state index in [0.29, 0.717) is 0 Å². The lowest BCUT2D eigenvalue weighted by molar-refractivity contribution is -0.166. The molecule has 190 valence electrons. The van der Waals surface area contributed by atoms with Crippen LogP contribution in [0.25, 0.3) is 0 Å². The summed E-state index contributed by atoms with van der Waals surface area (Å²) < 4.78 is 9.69. The zero-order valence-corrected chi connectivity index (χ0v) is 21.3. The molecule has 0 saturated carbocycles. The second-order valence-corrected chi connectivity index (χ2v) is 11.0. The van der Waals surface area contributed by atoms with Crippen molar-refractivity contribution >= 4 is 47.1 Å². The third-order valence-electron chi connectivity index (χ3n) is 6.27. The van der Waals surface area contributed by atoms with Gasteiger partial charge in [-0.05, 0) is 25.0 Å². The normalized spacial score (nSPS) is 23.6. The van der Waals surface area contributed by atoms with Gasteiger partial charge in [0.1, 0.15) is 24.1 Å². The molecule has 0 spiro atoms. The summed E-state index contributed by atoms with van der Waals surface area (Å²) in [5, 5.41) is 2.07. The number of hydrogen-bond acceptors (Lipinski definition) is 8. The Hall–Kier alpha value is -3.08. The molecule has 4 rings (SSSR count). The third-order valence-corrected chi connectivity index (χ3v) is 7.95. The number of benzene rings is 2. The lowest BCUT2D eigenvalue weighted by Crippen LogP contribution is -2.73. The molecule has 36 heavy (non-hydrogen) atoms. The largest absolute Gasteiger partial charge is 0.459 e. The van der Waals surface area contributed by atoms with Crippen LogP contribution in [-0.2, 0) is 40.8 Å². The van der Waals surface area contributed by atoms with Gasteiger partial charge in [-0.2, -0.15) is 0 Å². The number of nitrogens with two attached hydrogens (primary N) is 1. The van der Waals surface area contributed by atoms with E-state index in [9.17, 15) is 19.2 Å². The minimum Gasteiger partial charge on any atom is -0.459 e. The van der Waals surface area contributed by atoms with E-state index in [0.717, 1.165) is 5.56 Å². The van der Waals surface area contributed by atoms with Crippen LogP contribution in [0.3, 0.4) is 0 Å². The number of nitrogens with zero attached hydrogens (tertiary/aromatic N) is 1. The first-order chi connectivity index (χ1) is 17.1. The van der Waals surface area contributed by atoms with Crippen LogP contribution in [-0.4, -0.2) is 56.9 Å². The van der Waals surface area contributed by atoms with Crippen molar-refractivity contribution in [2.45, 2.75) is 48.2 Å². The molecule has 0 aliphatic carbocycles. The molecule has 2 aliphatic heterocycles. The molecule has 2 aromatic rings. The topological polar surface area (TPSA) is 128 Å². The number of halogens is 1. The fourth-order valence-corrected chi connectivity index (χ4v) is 6.12. The number of fused-ring (bicyclic) bond motifs is 1. The quantitative estimate of drug-likeness (QED) is 0.229. The van der Waals surface area contributed by atoms with Crippen LogP contribution in [0.1, 0.15) is 25.0 Å². The Kier molecular flexibility index (Phi) is 7.31. The van der Waals surface area contributed by atoms with E-state index in [1.54, 1.807) is 18.2 Å². The van der Waals surface area contributed by atoms with Crippen LogP contribution >= 0.6 is 23.4 Å². The van der Waals surface area contributed by atoms with Crippen molar-refractivity contribution in [3.05, 3.63) is 71.8 Å². The lowest BCUT2D eigenvalue weighted by atomic mass is 9.88. The minimum atomic E-state index is -2.22. The number of alkyl halides is 1. The number of esters is 2. The number of ether oxygens (including phenoxy) is 2. The van der Waals surface area contributed by atoms with Crippen molar-refractivity contribution in [2.24, 2.45) is 5.73 Å². The van der Waals surface area contributed by atoms with E-state index < -0.39 is 57.6 Å². The van der Waals surface area contributed by atoms with E-state index in [1.807, 2.05) is 44.2 Å². The Morgan fingerprint density at radius 2 is 1.69 bits per heavy atom. The van der Waals surface area contributed by atoms with Crippen molar-refractivity contribution in [3.63, 3.8) is 0 Å². The van der Waals surface area contributed by atoms with Gasteiger partial charge in [0.05, 0.1) is 0 Å². The van der Waals surface area contributed by atoms with Gasteiger partial charge in [0.15, 0.2) is 6.07 Å². The molecule has 4 atom stereocenters. The second kappa shape index (κ2) is 10.1. The summed E-state index contributed by atoms with van der Waals surface area (Å²) in [5.74, 6) is -2.95. The zero-order chi connectivity index (χ0) is 26.1. The molecule has 2 unspecified atom stereocenters. The molecular formula is C25H26ClN3O6S. The van der Waals surface area contributed by atoms with Crippen molar-refractivity contribution in [2.75, 3.05) is 6.07 Å². The third kappa shape index (κ3) is 4.56. The highest BCUT2D eigenvalue weighted by Crippen LogP contribution is 2.51. The number of nitrogens with one attached hydrogen (secondary N) is 1. The molecule has 0 aromatic heterocycles. The standard InChI is InChI=1S/C25H26ClN3O6S/c1-24(2)18(21(31)34-13-15-9-5-3-6-10-15)29-19(30)17(20(29)36-24)28-22(32)25(27,23(33)35-14-26)16-11-7-4-8-12-16/h3-12,17-18,20H,13-14,27H2,1-2H3,(H,28,32)/t17?,18-,20+,25?/m0/s1. The first-order valence-corrected chi connectivity index (χ1v) is 12.6. The predicted octanol–water partition coefficient (Wildman–Crippen LogP) is 1.87.